The summed E-state index contributed by atoms with van der Waals surface area (Å²) in [4.78, 5) is 22.0. The number of carbonyl (C=O) groups excluding carboxylic acids is 1. The van der Waals surface area contributed by atoms with Crippen LogP contribution in [0.2, 0.25) is 0 Å². The van der Waals surface area contributed by atoms with Gasteiger partial charge in [-0.2, -0.15) is 0 Å². The first-order valence-electron chi connectivity index (χ1n) is 7.18. The number of carboxylic acid groups (broad SMARTS) is 1. The highest BCUT2D eigenvalue weighted by Crippen LogP contribution is 2.32. The van der Waals surface area contributed by atoms with Crippen molar-refractivity contribution in [2.75, 3.05) is 0 Å². The van der Waals surface area contributed by atoms with Crippen LogP contribution in [0.15, 0.2) is 48.5 Å². The van der Waals surface area contributed by atoms with Crippen molar-refractivity contribution >= 4 is 23.5 Å². The average molecular weight is 333 g/mol. The Morgan fingerprint density at radius 1 is 1.17 bits per heavy atom. The van der Waals surface area contributed by atoms with Crippen LogP contribution < -0.4 is 4.74 Å². The molecule has 2 aromatic rings. The largest absolute Gasteiger partial charge is 0.481 e. The summed E-state index contributed by atoms with van der Waals surface area (Å²) in [5, 5.41) is 8.26. The molecule has 2 rings (SSSR count). The van der Waals surface area contributed by atoms with Gasteiger partial charge in [0.2, 0.25) is 0 Å². The topological polar surface area (TPSA) is 63.6 Å². The van der Waals surface area contributed by atoms with Crippen LogP contribution in [0.3, 0.4) is 0 Å². The Bertz CT molecular complexity index is 697. The summed E-state index contributed by atoms with van der Waals surface area (Å²) in [7, 11) is 0. The van der Waals surface area contributed by atoms with Gasteiger partial charge in [0, 0.05) is 17.9 Å². The third-order valence-corrected chi connectivity index (χ3v) is 3.55. The molecule has 0 aliphatic rings. The molecule has 1 unspecified atom stereocenters. The van der Waals surface area contributed by atoms with E-state index in [1.165, 1.54) is 6.92 Å². The summed E-state index contributed by atoms with van der Waals surface area (Å²) >= 11 is 6.04. The van der Waals surface area contributed by atoms with Crippen molar-refractivity contribution in [2.45, 2.75) is 25.1 Å². The smallest absolute Gasteiger partial charge is 0.308 e. The highest BCUT2D eigenvalue weighted by molar-refractivity contribution is 6.21. The number of esters is 1. The van der Waals surface area contributed by atoms with Gasteiger partial charge < -0.3 is 9.84 Å². The fourth-order valence-corrected chi connectivity index (χ4v) is 2.62. The standard InChI is InChI=1S/C18H17ClO4/c1-12(20)23-17-10-13(9-15(19)11-18(21)22)7-8-16(17)14-5-3-2-4-6-14/h2-8,10,15H,9,11H2,1H3,(H,21,22). The van der Waals surface area contributed by atoms with Crippen LogP contribution >= 0.6 is 11.6 Å². The fourth-order valence-electron chi connectivity index (χ4n) is 2.31. The van der Waals surface area contributed by atoms with E-state index in [1.54, 1.807) is 6.07 Å². The van der Waals surface area contributed by atoms with Crippen molar-refractivity contribution in [3.05, 3.63) is 54.1 Å². The second-order valence-electron chi connectivity index (χ2n) is 5.19. The molecule has 0 fully saturated rings. The lowest BCUT2D eigenvalue weighted by Crippen LogP contribution is -2.10. The fraction of sp³-hybridized carbons (Fsp3) is 0.222. The summed E-state index contributed by atoms with van der Waals surface area (Å²) < 4.78 is 5.30. The highest BCUT2D eigenvalue weighted by atomic mass is 35.5. The van der Waals surface area contributed by atoms with E-state index in [-0.39, 0.29) is 6.42 Å². The number of carboxylic acids is 1. The lowest BCUT2D eigenvalue weighted by Gasteiger charge is -2.13. The zero-order valence-electron chi connectivity index (χ0n) is 12.7. The quantitative estimate of drug-likeness (QED) is 0.495. The number of alkyl halides is 1. The number of ether oxygens (including phenoxy) is 1. The van der Waals surface area contributed by atoms with E-state index >= 15 is 0 Å². The molecule has 0 aromatic heterocycles. The van der Waals surface area contributed by atoms with Crippen LogP contribution in [0.4, 0.5) is 0 Å². The maximum Gasteiger partial charge on any atom is 0.308 e. The second kappa shape index (κ2) is 7.79. The van der Waals surface area contributed by atoms with Crippen molar-refractivity contribution in [2.24, 2.45) is 0 Å². The first kappa shape index (κ1) is 17.0. The van der Waals surface area contributed by atoms with Crippen molar-refractivity contribution < 1.29 is 19.4 Å². The van der Waals surface area contributed by atoms with Gasteiger partial charge in [-0.15, -0.1) is 11.6 Å². The number of rotatable bonds is 6. The van der Waals surface area contributed by atoms with Crippen LogP contribution in [0.25, 0.3) is 11.1 Å². The number of hydrogen-bond acceptors (Lipinski definition) is 3. The van der Waals surface area contributed by atoms with Gasteiger partial charge in [-0.25, -0.2) is 0 Å². The first-order valence-corrected chi connectivity index (χ1v) is 7.62. The molecule has 0 saturated carbocycles. The molecule has 0 amide bonds. The van der Waals surface area contributed by atoms with Gasteiger partial charge in [0.1, 0.15) is 5.75 Å². The molecule has 0 heterocycles. The average Bonchev–Trinajstić information content (AvgIpc) is 2.47. The Morgan fingerprint density at radius 3 is 2.48 bits per heavy atom. The lowest BCUT2D eigenvalue weighted by atomic mass is 10.00. The third kappa shape index (κ3) is 5.11. The van der Waals surface area contributed by atoms with E-state index < -0.39 is 17.3 Å². The second-order valence-corrected chi connectivity index (χ2v) is 5.81. The van der Waals surface area contributed by atoms with Gasteiger partial charge in [0.15, 0.2) is 0 Å². The van der Waals surface area contributed by atoms with E-state index in [0.717, 1.165) is 16.7 Å². The summed E-state index contributed by atoms with van der Waals surface area (Å²) in [6.45, 7) is 1.34. The summed E-state index contributed by atoms with van der Waals surface area (Å²) in [6, 6.07) is 15.0. The SMILES string of the molecule is CC(=O)Oc1cc(CC(Cl)CC(=O)O)ccc1-c1ccccc1. The molecule has 120 valence electrons. The molecule has 0 aliphatic carbocycles. The molecule has 0 radical (unpaired) electrons. The Hall–Kier alpha value is -2.33. The minimum absolute atomic E-state index is 0.120. The molecule has 1 N–H and O–H groups in total. The van der Waals surface area contributed by atoms with Gasteiger partial charge in [-0.05, 0) is 23.6 Å². The van der Waals surface area contributed by atoms with Gasteiger partial charge in [-0.3, -0.25) is 9.59 Å². The predicted octanol–water partition coefficient (Wildman–Crippen LogP) is 3.90. The summed E-state index contributed by atoms with van der Waals surface area (Å²) in [6.07, 6.45) is 0.266. The molecule has 5 heteroatoms. The molecule has 0 spiro atoms. The molecule has 2 aromatic carbocycles. The van der Waals surface area contributed by atoms with E-state index in [1.807, 2.05) is 42.5 Å². The summed E-state index contributed by atoms with van der Waals surface area (Å²) in [5.41, 5.74) is 2.55. The molecule has 4 nitrogen and oxygen atoms in total. The van der Waals surface area contributed by atoms with Crippen LogP contribution in [0, 0.1) is 0 Å². The van der Waals surface area contributed by atoms with E-state index in [2.05, 4.69) is 0 Å². The van der Waals surface area contributed by atoms with Gasteiger partial charge in [0.05, 0.1) is 6.42 Å². The number of benzene rings is 2. The number of halogens is 1. The molecule has 0 aliphatic heterocycles. The van der Waals surface area contributed by atoms with Crippen molar-refractivity contribution in [1.82, 2.24) is 0 Å². The zero-order valence-corrected chi connectivity index (χ0v) is 13.4. The maximum atomic E-state index is 11.3. The number of hydrogen-bond donors (Lipinski definition) is 1. The van der Waals surface area contributed by atoms with E-state index in [0.29, 0.717) is 12.2 Å². The van der Waals surface area contributed by atoms with Crippen LogP contribution in [-0.4, -0.2) is 22.4 Å². The number of aliphatic carboxylic acids is 1. The Labute approximate surface area is 139 Å². The molecule has 23 heavy (non-hydrogen) atoms. The van der Waals surface area contributed by atoms with Gasteiger partial charge >= 0.3 is 11.9 Å². The van der Waals surface area contributed by atoms with Crippen molar-refractivity contribution in [3.63, 3.8) is 0 Å². The lowest BCUT2D eigenvalue weighted by molar-refractivity contribution is -0.137. The highest BCUT2D eigenvalue weighted by Gasteiger charge is 2.14. The number of carbonyl (C=O) groups is 2. The zero-order chi connectivity index (χ0) is 16.8. The molecule has 0 saturated heterocycles. The predicted molar refractivity (Wildman–Crippen MR) is 88.8 cm³/mol. The van der Waals surface area contributed by atoms with E-state index in [9.17, 15) is 9.59 Å². The Balaban J connectivity index is 2.31. The van der Waals surface area contributed by atoms with Crippen LogP contribution in [0.5, 0.6) is 5.75 Å². The molecular formula is C18H17ClO4. The molecule has 0 bridgehead atoms. The van der Waals surface area contributed by atoms with Crippen molar-refractivity contribution in [1.29, 1.82) is 0 Å². The normalized spacial score (nSPS) is 11.7. The first-order chi connectivity index (χ1) is 11.0. The third-order valence-electron chi connectivity index (χ3n) is 3.24. The Kier molecular flexibility index (Phi) is 5.77. The molecular weight excluding hydrogens is 316 g/mol. The maximum absolute atomic E-state index is 11.3. The molecule has 1 atom stereocenters. The summed E-state index contributed by atoms with van der Waals surface area (Å²) in [5.74, 6) is -0.904. The minimum atomic E-state index is -0.939. The minimum Gasteiger partial charge on any atom is -0.481 e. The van der Waals surface area contributed by atoms with Gasteiger partial charge in [0.25, 0.3) is 0 Å². The monoisotopic (exact) mass is 332 g/mol. The van der Waals surface area contributed by atoms with Crippen LogP contribution in [0.1, 0.15) is 18.9 Å². The van der Waals surface area contributed by atoms with Crippen LogP contribution in [-0.2, 0) is 16.0 Å². The van der Waals surface area contributed by atoms with Crippen molar-refractivity contribution in [3.8, 4) is 16.9 Å². The Morgan fingerprint density at radius 2 is 1.87 bits per heavy atom. The van der Waals surface area contributed by atoms with E-state index in [4.69, 9.17) is 21.4 Å². The van der Waals surface area contributed by atoms with Gasteiger partial charge in [-0.1, -0.05) is 42.5 Å².